The fourth-order valence-electron chi connectivity index (χ4n) is 14.3. The van der Waals surface area contributed by atoms with Crippen molar-refractivity contribution in [2.45, 2.75) is 240 Å². The number of allylic oxidation sites excluding steroid dienone is 3. The van der Waals surface area contributed by atoms with E-state index in [1.165, 1.54) is 17.8 Å². The number of benzene rings is 2. The SMILES string of the molecule is CCO[C@@H]1CNCC2(CCCC2)NC(C)[C@H]([C@@H](C)CC)N2C(C)[C@@H](C)C2CNC(C)[C@H](CC(C)C)NC[C@H]([C@@H](C)CC)NC[C@H](C)N2CCCC2=CN(CC)C(Cc2ccc(C(F)(F)F)cc2)=CN(C)C=CN=C(CCc2cc(F)c(C(F)(F)F)c(F)c2)C=CN1. The van der Waals surface area contributed by atoms with E-state index in [9.17, 15) is 35.1 Å². The lowest BCUT2D eigenvalue weighted by Crippen LogP contribution is -2.73. The zero-order chi connectivity index (χ0) is 66.8. The molecule has 0 radical (unpaired) electrons. The predicted molar refractivity (Wildman–Crippen MR) is 355 cm³/mol. The second kappa shape index (κ2) is 35.3. The molecule has 2 saturated heterocycles. The average Bonchev–Trinajstić information content (AvgIpc) is 1.86. The number of fused-ring (bicyclic) bond motifs is 2. The van der Waals surface area contributed by atoms with Gasteiger partial charge in [-0.15, -0.1) is 0 Å². The second-order valence-corrected chi connectivity index (χ2v) is 27.3. The molecule has 3 aliphatic heterocycles. The molecule has 20 heteroatoms. The third kappa shape index (κ3) is 21.7. The Morgan fingerprint density at radius 2 is 1.44 bits per heavy atom. The molecule has 12 nitrogen and oxygen atoms in total. The van der Waals surface area contributed by atoms with E-state index in [0.29, 0.717) is 79.2 Å². The highest BCUT2D eigenvalue weighted by molar-refractivity contribution is 5.95. The quantitative estimate of drug-likeness (QED) is 0.102. The number of hydrogen-bond acceptors (Lipinski definition) is 12. The highest BCUT2D eigenvalue weighted by Gasteiger charge is 2.50. The molecular weight excluding hydrogens is 1170 g/mol. The molecule has 12 atom stereocenters. The Morgan fingerprint density at radius 3 is 2.05 bits per heavy atom. The number of aryl methyl sites for hydroxylation is 1. The van der Waals surface area contributed by atoms with Crippen LogP contribution in [-0.4, -0.2) is 145 Å². The number of hydrogen-bond donors (Lipinski definition) is 6. The van der Waals surface area contributed by atoms with Gasteiger partial charge in [-0.1, -0.05) is 86.3 Å². The van der Waals surface area contributed by atoms with Crippen LogP contribution in [-0.2, 0) is 29.9 Å². The fourth-order valence-corrected chi connectivity index (χ4v) is 14.3. The number of nitrogens with one attached hydrogen (secondary N) is 6. The molecule has 4 aliphatic rings. The van der Waals surface area contributed by atoms with Gasteiger partial charge in [-0.25, -0.2) is 8.78 Å². The van der Waals surface area contributed by atoms with Crippen molar-refractivity contribution in [2.75, 3.05) is 59.5 Å². The van der Waals surface area contributed by atoms with Crippen LogP contribution in [0.2, 0.25) is 0 Å². The van der Waals surface area contributed by atoms with Gasteiger partial charge in [0.05, 0.1) is 5.56 Å². The molecule has 6 N–H and O–H groups in total. The van der Waals surface area contributed by atoms with E-state index in [2.05, 4.69) is 136 Å². The van der Waals surface area contributed by atoms with Gasteiger partial charge in [0.25, 0.3) is 0 Å². The maximum absolute atomic E-state index is 14.9. The van der Waals surface area contributed by atoms with Crippen LogP contribution in [0.4, 0.5) is 35.1 Å². The van der Waals surface area contributed by atoms with Crippen molar-refractivity contribution in [2.24, 2.45) is 28.7 Å². The van der Waals surface area contributed by atoms with E-state index >= 15 is 0 Å². The van der Waals surface area contributed by atoms with E-state index in [1.54, 1.807) is 24.7 Å². The van der Waals surface area contributed by atoms with Gasteiger partial charge in [-0.2, -0.15) is 26.3 Å². The lowest BCUT2D eigenvalue weighted by Gasteiger charge is -2.60. The molecule has 0 amide bonds. The Labute approximate surface area is 541 Å². The zero-order valence-corrected chi connectivity index (χ0v) is 57.2. The van der Waals surface area contributed by atoms with Gasteiger partial charge in [0.15, 0.2) is 0 Å². The van der Waals surface area contributed by atoms with E-state index in [0.717, 1.165) is 120 Å². The Morgan fingerprint density at radius 1 is 0.758 bits per heavy atom. The van der Waals surface area contributed by atoms with Crippen molar-refractivity contribution in [1.29, 1.82) is 0 Å². The fraction of sp³-hybridized carbons (Fsp3) is 0.704. The van der Waals surface area contributed by atoms with Gasteiger partial charge in [0.2, 0.25) is 0 Å². The first-order valence-electron chi connectivity index (χ1n) is 34.2. The van der Waals surface area contributed by atoms with Crippen LogP contribution in [0.1, 0.15) is 176 Å². The van der Waals surface area contributed by atoms with Crippen molar-refractivity contribution in [3.05, 3.63) is 119 Å². The minimum atomic E-state index is -5.20. The van der Waals surface area contributed by atoms with Crippen molar-refractivity contribution in [1.82, 2.24) is 51.5 Å². The molecule has 1 aliphatic carbocycles. The summed E-state index contributed by atoms with van der Waals surface area (Å²) in [6.45, 7) is 35.5. The number of nitrogens with zero attached hydrogens (tertiary/aromatic N) is 5. The summed E-state index contributed by atoms with van der Waals surface area (Å²) in [5.41, 5.74) is 0.403. The van der Waals surface area contributed by atoms with Crippen LogP contribution in [0.5, 0.6) is 0 Å². The van der Waals surface area contributed by atoms with E-state index in [4.69, 9.17) is 9.73 Å². The molecule has 0 bridgehead atoms. The van der Waals surface area contributed by atoms with Gasteiger partial charge < -0.3 is 51.3 Å². The molecule has 514 valence electrons. The maximum Gasteiger partial charge on any atom is 0.422 e. The number of alkyl halides is 6. The average molecular weight is 1290 g/mol. The zero-order valence-electron chi connectivity index (χ0n) is 57.2. The molecule has 1 spiro atoms. The first-order valence-corrected chi connectivity index (χ1v) is 34.2. The summed E-state index contributed by atoms with van der Waals surface area (Å²) >= 11 is 0. The minimum absolute atomic E-state index is 0.0232. The lowest BCUT2D eigenvalue weighted by atomic mass is 9.76. The van der Waals surface area contributed by atoms with Crippen molar-refractivity contribution >= 4 is 5.71 Å². The predicted octanol–water partition coefficient (Wildman–Crippen LogP) is 14.0. The summed E-state index contributed by atoms with van der Waals surface area (Å²) in [6.07, 6.45) is 10.5. The van der Waals surface area contributed by atoms with Gasteiger partial charge in [-0.3, -0.25) is 9.89 Å². The number of rotatable bonds is 14. The van der Waals surface area contributed by atoms with E-state index in [1.807, 2.05) is 25.1 Å². The van der Waals surface area contributed by atoms with Crippen LogP contribution in [0, 0.1) is 35.3 Å². The normalized spacial score (nSPS) is 27.9. The van der Waals surface area contributed by atoms with Crippen LogP contribution in [0.25, 0.3) is 0 Å². The van der Waals surface area contributed by atoms with Crippen LogP contribution in [0.3, 0.4) is 0 Å². The summed E-state index contributed by atoms with van der Waals surface area (Å²) in [4.78, 5) is 14.1. The molecule has 3 heterocycles. The third-order valence-electron chi connectivity index (χ3n) is 20.1. The smallest absolute Gasteiger partial charge is 0.370 e. The maximum atomic E-state index is 14.9. The second-order valence-electron chi connectivity index (χ2n) is 27.3. The highest BCUT2D eigenvalue weighted by Crippen LogP contribution is 2.40. The minimum Gasteiger partial charge on any atom is -0.370 e. The van der Waals surface area contributed by atoms with Crippen LogP contribution >= 0.6 is 0 Å². The van der Waals surface area contributed by atoms with Crippen molar-refractivity contribution < 1.29 is 39.9 Å². The molecule has 2 aromatic carbocycles. The molecule has 3 fully saturated rings. The first-order chi connectivity index (χ1) is 43.1. The number of likely N-dealkylation sites (N-methyl/N-ethyl adjacent to an activating group) is 1. The molecule has 91 heavy (non-hydrogen) atoms. The summed E-state index contributed by atoms with van der Waals surface area (Å²) in [7, 11) is 1.83. The Kier molecular flexibility index (Phi) is 29.2. The van der Waals surface area contributed by atoms with Crippen LogP contribution in [0.15, 0.2) is 89.9 Å². The lowest BCUT2D eigenvalue weighted by molar-refractivity contribution is -0.142. The van der Waals surface area contributed by atoms with Gasteiger partial charge >= 0.3 is 12.4 Å². The topological polar surface area (TPSA) is 107 Å². The summed E-state index contributed by atoms with van der Waals surface area (Å²) < 4.78 is 118. The Hall–Kier alpha value is -4.57. The Balaban J connectivity index is 1.38. The van der Waals surface area contributed by atoms with Crippen molar-refractivity contribution in [3.8, 4) is 0 Å². The summed E-state index contributed by atoms with van der Waals surface area (Å²) in [5.74, 6) is -1.44. The molecule has 2 aromatic rings. The number of ether oxygens (including phenoxy) is 1. The van der Waals surface area contributed by atoms with Crippen molar-refractivity contribution in [3.63, 3.8) is 0 Å². The molecule has 1 saturated carbocycles. The van der Waals surface area contributed by atoms with E-state index < -0.39 is 41.3 Å². The highest BCUT2D eigenvalue weighted by atomic mass is 19.4. The van der Waals surface area contributed by atoms with Gasteiger partial charge in [0, 0.05) is 168 Å². The number of aliphatic imine (C=N–C) groups is 1. The number of halogens is 8. The third-order valence-corrected chi connectivity index (χ3v) is 20.1. The standard InChI is InChI=1S/C71H113F8N11O/c1-15-48(7)64-41-85-63(36-47(5)6)52(11)83-42-65-51(10)54(13)90(65)68(49(8)16-2)53(12)86-69(30-19-20-31-69)46-80-43-66(91-18-4)82-32-29-58(28-25-56-38-61(72)67(62(73)39-56)71(77,78)79)81-33-35-87(14)44-60(37-55-23-26-57(27-24-55)70(74,75)76)88(17-3)45-59-22-21-34-89(59)50(9)40-84-64/h23-24,26-27,29,32-33,35,38-39,44-45,47-54,63-66,68,80,82-86H,15-22,25,28,30-31,34,36-37,40-43,46H2,1-14H3/t48-,49-,50-,51+,52?,53?,54?,63-,64+,65?,66+,68-/m0/s1. The van der Waals surface area contributed by atoms with Gasteiger partial charge in [-0.05, 0) is 152 Å². The first kappa shape index (κ1) is 75.5. The Bertz CT molecular complexity index is 2650. The summed E-state index contributed by atoms with van der Waals surface area (Å²) in [6, 6.07) is 8.96. The van der Waals surface area contributed by atoms with Crippen LogP contribution < -0.4 is 31.9 Å². The molecule has 6 rings (SSSR count). The monoisotopic (exact) mass is 1290 g/mol. The molecule has 4 unspecified atom stereocenters. The van der Waals surface area contributed by atoms with Gasteiger partial charge in [0.1, 0.15) is 23.4 Å². The molecular formula is C71H113F8N11O. The molecule has 0 aromatic heterocycles. The summed E-state index contributed by atoms with van der Waals surface area (Å²) in [5, 5.41) is 23.7. The van der Waals surface area contributed by atoms with E-state index in [-0.39, 0.29) is 54.2 Å². The largest absolute Gasteiger partial charge is 0.422 e.